The number of benzene rings is 2. The van der Waals surface area contributed by atoms with Crippen LogP contribution in [-0.4, -0.2) is 10.9 Å². The van der Waals surface area contributed by atoms with Crippen molar-refractivity contribution in [1.29, 1.82) is 0 Å². The van der Waals surface area contributed by atoms with E-state index in [0.29, 0.717) is 34.8 Å². The molecule has 4 rings (SSSR count). The van der Waals surface area contributed by atoms with Gasteiger partial charge >= 0.3 is 0 Å². The first kappa shape index (κ1) is 16.7. The molecule has 0 aliphatic heterocycles. The molecule has 1 aromatic heterocycles. The molecule has 0 amide bonds. The van der Waals surface area contributed by atoms with Crippen molar-refractivity contribution in [3.05, 3.63) is 87.6 Å². The van der Waals surface area contributed by atoms with E-state index in [4.69, 9.17) is 4.52 Å². The lowest BCUT2D eigenvalue weighted by molar-refractivity contribution is 0.103. The molecule has 132 valence electrons. The molecular formula is C22H20FNO2. The number of halogens is 1. The van der Waals surface area contributed by atoms with Crippen LogP contribution < -0.4 is 0 Å². The lowest BCUT2D eigenvalue weighted by Gasteiger charge is -2.13. The average molecular weight is 349 g/mol. The lowest BCUT2D eigenvalue weighted by atomic mass is 9.90. The maximum Gasteiger partial charge on any atom is 0.198 e. The summed E-state index contributed by atoms with van der Waals surface area (Å²) in [5.41, 5.74) is 4.48. The monoisotopic (exact) mass is 349 g/mol. The van der Waals surface area contributed by atoms with E-state index in [1.54, 1.807) is 13.0 Å². The third-order valence-corrected chi connectivity index (χ3v) is 5.07. The number of hydrogen-bond donors (Lipinski definition) is 0. The van der Waals surface area contributed by atoms with E-state index in [9.17, 15) is 9.18 Å². The molecule has 1 heterocycles. The molecule has 1 aliphatic carbocycles. The van der Waals surface area contributed by atoms with Crippen LogP contribution in [0.3, 0.4) is 0 Å². The summed E-state index contributed by atoms with van der Waals surface area (Å²) in [6, 6.07) is 11.0. The Morgan fingerprint density at radius 1 is 1.12 bits per heavy atom. The molecule has 3 nitrogen and oxygen atoms in total. The molecule has 26 heavy (non-hydrogen) atoms. The van der Waals surface area contributed by atoms with Crippen molar-refractivity contribution in [2.75, 3.05) is 0 Å². The summed E-state index contributed by atoms with van der Waals surface area (Å²) < 4.78 is 19.5. The van der Waals surface area contributed by atoms with Crippen LogP contribution in [0, 0.1) is 19.7 Å². The second-order valence-corrected chi connectivity index (χ2v) is 7.07. The number of aryl methyl sites for hydroxylation is 1. The number of aromatic nitrogens is 1. The highest BCUT2D eigenvalue weighted by molar-refractivity contribution is 6.10. The van der Waals surface area contributed by atoms with Gasteiger partial charge in [-0.2, -0.15) is 0 Å². The zero-order chi connectivity index (χ0) is 18.3. The molecule has 0 atom stereocenters. The van der Waals surface area contributed by atoms with Crippen molar-refractivity contribution in [2.45, 2.75) is 39.0 Å². The van der Waals surface area contributed by atoms with E-state index >= 15 is 0 Å². The summed E-state index contributed by atoms with van der Waals surface area (Å²) in [5.74, 6) is 0.520. The molecular weight excluding hydrogens is 329 g/mol. The van der Waals surface area contributed by atoms with Crippen LogP contribution in [0.4, 0.5) is 4.39 Å². The van der Waals surface area contributed by atoms with Gasteiger partial charge in [-0.15, -0.1) is 0 Å². The third-order valence-electron chi connectivity index (χ3n) is 5.07. The van der Waals surface area contributed by atoms with Gasteiger partial charge < -0.3 is 4.52 Å². The minimum Gasteiger partial charge on any atom is -0.360 e. The molecule has 1 saturated carbocycles. The number of ketones is 1. The first-order valence-electron chi connectivity index (χ1n) is 8.87. The van der Waals surface area contributed by atoms with Crippen molar-refractivity contribution in [1.82, 2.24) is 5.16 Å². The van der Waals surface area contributed by atoms with Crippen LogP contribution in [0.5, 0.6) is 0 Å². The summed E-state index contributed by atoms with van der Waals surface area (Å²) >= 11 is 0. The van der Waals surface area contributed by atoms with Gasteiger partial charge in [0.15, 0.2) is 11.5 Å². The van der Waals surface area contributed by atoms with Gasteiger partial charge in [-0.05, 0) is 61.9 Å². The fraction of sp³-hybridized carbons (Fsp3) is 0.273. The van der Waals surface area contributed by atoms with Crippen LogP contribution in [-0.2, 0) is 6.42 Å². The summed E-state index contributed by atoms with van der Waals surface area (Å²) in [4.78, 5) is 13.2. The Balaban J connectivity index is 1.75. The number of hydrogen-bond acceptors (Lipinski definition) is 3. The van der Waals surface area contributed by atoms with E-state index in [-0.39, 0.29) is 11.6 Å². The van der Waals surface area contributed by atoms with Gasteiger partial charge in [-0.1, -0.05) is 35.0 Å². The van der Waals surface area contributed by atoms with Crippen LogP contribution >= 0.6 is 0 Å². The Kier molecular flexibility index (Phi) is 4.19. The van der Waals surface area contributed by atoms with Crippen molar-refractivity contribution >= 4 is 5.78 Å². The van der Waals surface area contributed by atoms with Gasteiger partial charge in [-0.25, -0.2) is 4.39 Å². The predicted octanol–water partition coefficient (Wildman–Crippen LogP) is 5.13. The highest BCUT2D eigenvalue weighted by Crippen LogP contribution is 2.42. The van der Waals surface area contributed by atoms with Gasteiger partial charge in [0.25, 0.3) is 0 Å². The molecule has 0 radical (unpaired) electrons. The summed E-state index contributed by atoms with van der Waals surface area (Å²) in [6.45, 7) is 3.75. The van der Waals surface area contributed by atoms with Gasteiger partial charge in [0, 0.05) is 11.5 Å². The normalized spacial score (nSPS) is 13.8. The number of carbonyl (C=O) groups is 1. The fourth-order valence-corrected chi connectivity index (χ4v) is 3.28. The third kappa shape index (κ3) is 3.07. The van der Waals surface area contributed by atoms with Crippen molar-refractivity contribution in [3.63, 3.8) is 0 Å². The Morgan fingerprint density at radius 3 is 2.54 bits per heavy atom. The van der Waals surface area contributed by atoms with Crippen molar-refractivity contribution in [3.8, 4) is 0 Å². The Labute approximate surface area is 151 Å². The van der Waals surface area contributed by atoms with E-state index < -0.39 is 0 Å². The SMILES string of the molecule is Cc1ccc(Cc2c(C(=O)c3cnoc3C3CC3)ccc(F)c2C)cc1. The van der Waals surface area contributed by atoms with E-state index in [1.165, 1.54) is 17.8 Å². The van der Waals surface area contributed by atoms with Gasteiger partial charge in [0.1, 0.15) is 5.82 Å². The largest absolute Gasteiger partial charge is 0.360 e. The topological polar surface area (TPSA) is 43.1 Å². The van der Waals surface area contributed by atoms with E-state index in [1.807, 2.05) is 31.2 Å². The van der Waals surface area contributed by atoms with Gasteiger partial charge in [0.05, 0.1) is 11.8 Å². The Hall–Kier alpha value is -2.75. The molecule has 1 fully saturated rings. The molecule has 3 aromatic rings. The minimum absolute atomic E-state index is 0.140. The van der Waals surface area contributed by atoms with E-state index in [2.05, 4.69) is 5.16 Å². The van der Waals surface area contributed by atoms with Gasteiger partial charge in [-0.3, -0.25) is 4.79 Å². The van der Waals surface area contributed by atoms with Crippen LogP contribution in [0.2, 0.25) is 0 Å². The maximum atomic E-state index is 14.2. The highest BCUT2D eigenvalue weighted by atomic mass is 19.1. The van der Waals surface area contributed by atoms with E-state index in [0.717, 1.165) is 24.0 Å². The second-order valence-electron chi connectivity index (χ2n) is 7.07. The number of rotatable bonds is 5. The zero-order valence-corrected chi connectivity index (χ0v) is 14.9. The smallest absolute Gasteiger partial charge is 0.198 e. The quantitative estimate of drug-likeness (QED) is 0.600. The summed E-state index contributed by atoms with van der Waals surface area (Å²) in [5, 5.41) is 3.82. The lowest BCUT2D eigenvalue weighted by Crippen LogP contribution is -2.10. The first-order valence-corrected chi connectivity index (χ1v) is 8.87. The van der Waals surface area contributed by atoms with Gasteiger partial charge in [0.2, 0.25) is 0 Å². The standard InChI is InChI=1S/C22H20FNO2/c1-13-3-5-15(6-4-13)11-18-14(2)20(23)10-9-17(18)21(25)19-12-24-26-22(19)16-7-8-16/h3-6,9-10,12,16H,7-8,11H2,1-2H3. The number of nitrogens with zero attached hydrogens (tertiary/aromatic N) is 1. The molecule has 0 N–H and O–H groups in total. The van der Waals surface area contributed by atoms with Crippen LogP contribution in [0.25, 0.3) is 0 Å². The number of carbonyl (C=O) groups excluding carboxylic acids is 1. The maximum absolute atomic E-state index is 14.2. The zero-order valence-electron chi connectivity index (χ0n) is 14.9. The molecule has 0 spiro atoms. The summed E-state index contributed by atoms with van der Waals surface area (Å²) in [6.07, 6.45) is 4.04. The van der Waals surface area contributed by atoms with Crippen molar-refractivity contribution < 1.29 is 13.7 Å². The molecule has 4 heteroatoms. The second kappa shape index (κ2) is 6.52. The highest BCUT2D eigenvalue weighted by Gasteiger charge is 2.33. The average Bonchev–Trinajstić information content (AvgIpc) is 3.37. The summed E-state index contributed by atoms with van der Waals surface area (Å²) in [7, 11) is 0. The predicted molar refractivity (Wildman–Crippen MR) is 97.0 cm³/mol. The molecule has 0 unspecified atom stereocenters. The molecule has 2 aromatic carbocycles. The first-order chi connectivity index (χ1) is 12.5. The fourth-order valence-electron chi connectivity index (χ4n) is 3.28. The molecule has 0 bridgehead atoms. The van der Waals surface area contributed by atoms with Crippen LogP contribution in [0.15, 0.2) is 47.1 Å². The van der Waals surface area contributed by atoms with Crippen molar-refractivity contribution in [2.24, 2.45) is 0 Å². The Bertz CT molecular complexity index is 968. The minimum atomic E-state index is -0.295. The molecule has 1 aliphatic rings. The Morgan fingerprint density at radius 2 is 1.85 bits per heavy atom. The van der Waals surface area contributed by atoms with Crippen LogP contribution in [0.1, 0.15) is 62.7 Å². The molecule has 0 saturated heterocycles.